The van der Waals surface area contributed by atoms with Crippen LogP contribution >= 0.6 is 0 Å². The van der Waals surface area contributed by atoms with Crippen molar-refractivity contribution in [2.75, 3.05) is 13.1 Å². The maximum atomic E-state index is 13.5. The molecule has 0 bridgehead atoms. The molecule has 1 aliphatic heterocycles. The van der Waals surface area contributed by atoms with Crippen molar-refractivity contribution in [1.29, 1.82) is 0 Å². The standard InChI is InChI=1S/C23H18F5N5O/c24-22(25)4-5-32(12-22)21(34)19-3-1-2-18(31-19)16-7-15-6-14(8-20(15)29-9-16)17-10-30-33(11-17)13-23(26,27)28/h1-3,6-7,9-11H,4-5,8,12-13H2. The first-order valence-electron chi connectivity index (χ1n) is 10.5. The van der Waals surface area contributed by atoms with Gasteiger partial charge in [0.2, 0.25) is 0 Å². The summed E-state index contributed by atoms with van der Waals surface area (Å²) in [6.07, 6.45) is 1.91. The quantitative estimate of drug-likeness (QED) is 0.522. The molecule has 4 heterocycles. The van der Waals surface area contributed by atoms with Gasteiger partial charge in [-0.2, -0.15) is 18.3 Å². The summed E-state index contributed by atoms with van der Waals surface area (Å²) in [6.45, 7) is -1.80. The smallest absolute Gasteiger partial charge is 0.331 e. The van der Waals surface area contributed by atoms with E-state index in [0.717, 1.165) is 26.4 Å². The van der Waals surface area contributed by atoms with Gasteiger partial charge in [0.25, 0.3) is 11.8 Å². The van der Waals surface area contributed by atoms with E-state index >= 15 is 0 Å². The van der Waals surface area contributed by atoms with Gasteiger partial charge in [-0.1, -0.05) is 6.07 Å². The first-order valence-corrected chi connectivity index (χ1v) is 10.5. The molecular weight excluding hydrogens is 457 g/mol. The molecule has 1 saturated heterocycles. The number of aromatic nitrogens is 4. The van der Waals surface area contributed by atoms with Gasteiger partial charge in [0.15, 0.2) is 0 Å². The van der Waals surface area contributed by atoms with E-state index in [-0.39, 0.29) is 18.7 Å². The van der Waals surface area contributed by atoms with Crippen LogP contribution in [-0.4, -0.2) is 55.7 Å². The fourth-order valence-corrected chi connectivity index (χ4v) is 4.11. The van der Waals surface area contributed by atoms with Crippen molar-refractivity contribution in [2.24, 2.45) is 0 Å². The van der Waals surface area contributed by atoms with Crippen LogP contribution in [0.15, 0.2) is 42.9 Å². The van der Waals surface area contributed by atoms with E-state index < -0.39 is 31.1 Å². The van der Waals surface area contributed by atoms with E-state index in [1.165, 1.54) is 18.5 Å². The lowest BCUT2D eigenvalue weighted by molar-refractivity contribution is -0.142. The monoisotopic (exact) mass is 475 g/mol. The molecule has 0 radical (unpaired) electrons. The Balaban J connectivity index is 1.37. The lowest BCUT2D eigenvalue weighted by Crippen LogP contribution is -2.31. The third-order valence-electron chi connectivity index (χ3n) is 5.76. The van der Waals surface area contributed by atoms with Crippen molar-refractivity contribution in [3.8, 4) is 11.3 Å². The molecule has 5 rings (SSSR count). The van der Waals surface area contributed by atoms with Crippen LogP contribution in [0.5, 0.6) is 0 Å². The van der Waals surface area contributed by atoms with Gasteiger partial charge in [0.05, 0.1) is 24.1 Å². The molecule has 0 atom stereocenters. The minimum atomic E-state index is -4.36. The highest BCUT2D eigenvalue weighted by molar-refractivity contribution is 5.93. The van der Waals surface area contributed by atoms with Crippen LogP contribution in [0.4, 0.5) is 22.0 Å². The molecule has 0 N–H and O–H groups in total. The molecular formula is C23H18F5N5O. The molecule has 0 spiro atoms. The van der Waals surface area contributed by atoms with E-state index in [4.69, 9.17) is 0 Å². The number of amides is 1. The van der Waals surface area contributed by atoms with Crippen molar-refractivity contribution in [2.45, 2.75) is 31.5 Å². The van der Waals surface area contributed by atoms with Gasteiger partial charge in [-0.05, 0) is 35.4 Å². The Bertz CT molecular complexity index is 1300. The maximum Gasteiger partial charge on any atom is 0.408 e. The molecule has 0 saturated carbocycles. The van der Waals surface area contributed by atoms with E-state index in [2.05, 4.69) is 15.1 Å². The van der Waals surface area contributed by atoms with Crippen LogP contribution < -0.4 is 0 Å². The van der Waals surface area contributed by atoms with E-state index in [9.17, 15) is 26.7 Å². The highest BCUT2D eigenvalue weighted by atomic mass is 19.4. The van der Waals surface area contributed by atoms with E-state index in [1.807, 2.05) is 12.1 Å². The predicted molar refractivity (Wildman–Crippen MR) is 113 cm³/mol. The van der Waals surface area contributed by atoms with Crippen LogP contribution in [0.3, 0.4) is 0 Å². The summed E-state index contributed by atoms with van der Waals surface area (Å²) in [4.78, 5) is 22.5. The van der Waals surface area contributed by atoms with Crippen molar-refractivity contribution >= 4 is 17.6 Å². The molecule has 6 nitrogen and oxygen atoms in total. The van der Waals surface area contributed by atoms with Crippen molar-refractivity contribution < 1.29 is 26.7 Å². The van der Waals surface area contributed by atoms with Gasteiger partial charge >= 0.3 is 6.18 Å². The summed E-state index contributed by atoms with van der Waals surface area (Å²) in [5.74, 6) is -3.43. The van der Waals surface area contributed by atoms with Crippen molar-refractivity contribution in [1.82, 2.24) is 24.6 Å². The van der Waals surface area contributed by atoms with E-state index in [1.54, 1.807) is 18.3 Å². The average molecular weight is 475 g/mol. The Morgan fingerprint density at radius 2 is 1.97 bits per heavy atom. The zero-order valence-corrected chi connectivity index (χ0v) is 17.7. The number of halogens is 5. The van der Waals surface area contributed by atoms with Crippen LogP contribution in [0, 0.1) is 0 Å². The predicted octanol–water partition coefficient (Wildman–Crippen LogP) is 4.48. The van der Waals surface area contributed by atoms with Gasteiger partial charge in [-0.3, -0.25) is 14.5 Å². The summed E-state index contributed by atoms with van der Waals surface area (Å²) in [6, 6.07) is 6.64. The minimum Gasteiger partial charge on any atom is -0.331 e. The normalized spacial score (nSPS) is 17.1. The van der Waals surface area contributed by atoms with E-state index in [0.29, 0.717) is 23.2 Å². The fourth-order valence-electron chi connectivity index (χ4n) is 4.11. The second-order valence-electron chi connectivity index (χ2n) is 8.39. The summed E-state index contributed by atoms with van der Waals surface area (Å²) < 4.78 is 65.6. The maximum absolute atomic E-state index is 13.5. The topological polar surface area (TPSA) is 63.9 Å². The van der Waals surface area contributed by atoms with Crippen LogP contribution in [-0.2, 0) is 13.0 Å². The number of pyridine rings is 2. The Hall–Kier alpha value is -3.63. The third-order valence-corrected chi connectivity index (χ3v) is 5.76. The number of alkyl halides is 5. The van der Waals surface area contributed by atoms with Crippen molar-refractivity contribution in [3.63, 3.8) is 0 Å². The summed E-state index contributed by atoms with van der Waals surface area (Å²) >= 11 is 0. The molecule has 1 aliphatic carbocycles. The Morgan fingerprint density at radius 3 is 2.71 bits per heavy atom. The highest BCUT2D eigenvalue weighted by Gasteiger charge is 2.40. The number of hydrogen-bond donors (Lipinski definition) is 0. The number of carbonyl (C=O) groups is 1. The number of carbonyl (C=O) groups excluding carboxylic acids is 1. The minimum absolute atomic E-state index is 0.0226. The van der Waals surface area contributed by atoms with Crippen LogP contribution in [0.2, 0.25) is 0 Å². The SMILES string of the molecule is O=C(c1cccc(-c2cnc3c(c2)C=C(c2cnn(CC(F)(F)F)c2)C3)n1)N1CCC(F)(F)C1. The van der Waals surface area contributed by atoms with Gasteiger partial charge in [-0.15, -0.1) is 0 Å². The molecule has 2 aliphatic rings. The summed E-state index contributed by atoms with van der Waals surface area (Å²) in [7, 11) is 0. The zero-order chi connectivity index (χ0) is 24.1. The Kier molecular flexibility index (Phi) is 5.22. The highest BCUT2D eigenvalue weighted by Crippen LogP contribution is 2.33. The second-order valence-corrected chi connectivity index (χ2v) is 8.39. The molecule has 0 unspecified atom stereocenters. The molecule has 3 aromatic heterocycles. The average Bonchev–Trinajstić information content (AvgIpc) is 3.49. The third kappa shape index (κ3) is 4.55. The van der Waals surface area contributed by atoms with Gasteiger partial charge in [0.1, 0.15) is 12.2 Å². The number of fused-ring (bicyclic) bond motifs is 1. The first-order chi connectivity index (χ1) is 16.1. The summed E-state index contributed by atoms with van der Waals surface area (Å²) in [5.41, 5.74) is 4.08. The molecule has 11 heteroatoms. The fraction of sp³-hybridized carbons (Fsp3) is 0.304. The molecule has 176 valence electrons. The van der Waals surface area contributed by atoms with Gasteiger partial charge in [-0.25, -0.2) is 13.8 Å². The van der Waals surface area contributed by atoms with Gasteiger partial charge < -0.3 is 4.90 Å². The Morgan fingerprint density at radius 1 is 1.15 bits per heavy atom. The molecule has 1 amide bonds. The van der Waals surface area contributed by atoms with Crippen molar-refractivity contribution in [3.05, 3.63) is 65.4 Å². The number of rotatable bonds is 4. The number of hydrogen-bond acceptors (Lipinski definition) is 4. The number of allylic oxidation sites excluding steroid dienone is 1. The second kappa shape index (κ2) is 8.00. The number of nitrogens with zero attached hydrogens (tertiary/aromatic N) is 5. The number of likely N-dealkylation sites (tertiary alicyclic amines) is 1. The zero-order valence-electron chi connectivity index (χ0n) is 17.7. The van der Waals surface area contributed by atoms with Crippen LogP contribution in [0.1, 0.15) is 33.7 Å². The molecule has 1 fully saturated rings. The Labute approximate surface area is 190 Å². The molecule has 0 aromatic carbocycles. The molecule has 3 aromatic rings. The lowest BCUT2D eigenvalue weighted by Gasteiger charge is -2.16. The van der Waals surface area contributed by atoms with Gasteiger partial charge in [0, 0.05) is 42.9 Å². The largest absolute Gasteiger partial charge is 0.408 e. The molecule has 34 heavy (non-hydrogen) atoms. The summed E-state index contributed by atoms with van der Waals surface area (Å²) in [5, 5.41) is 3.78. The lowest BCUT2D eigenvalue weighted by atomic mass is 10.1. The first kappa shape index (κ1) is 22.2. The van der Waals surface area contributed by atoms with Crippen LogP contribution in [0.25, 0.3) is 22.9 Å².